The van der Waals surface area contributed by atoms with E-state index < -0.39 is 0 Å². The van der Waals surface area contributed by atoms with Gasteiger partial charge in [0.15, 0.2) is 0 Å². The predicted molar refractivity (Wildman–Crippen MR) is 143 cm³/mol. The first-order valence-corrected chi connectivity index (χ1v) is 14.8. The van der Waals surface area contributed by atoms with Crippen molar-refractivity contribution in [2.24, 2.45) is 0 Å². The fourth-order valence-electron chi connectivity index (χ4n) is 4.42. The molecule has 0 aliphatic heterocycles. The summed E-state index contributed by atoms with van der Waals surface area (Å²) in [6.07, 6.45) is 32.9. The van der Waals surface area contributed by atoms with E-state index in [1.807, 2.05) is 0 Å². The van der Waals surface area contributed by atoms with Crippen molar-refractivity contribution in [3.05, 3.63) is 0 Å². The Hall–Kier alpha value is -0.0800. The van der Waals surface area contributed by atoms with E-state index in [2.05, 4.69) is 24.5 Å². The number of unbranched alkanes of at least 4 members (excludes halogenated alkanes) is 20. The molecule has 0 unspecified atom stereocenters. The standard InChI is InChI=1S/C29H62N2/c1-3-5-7-9-11-13-15-17-19-21-23-26-30-28-25-29-31-27-24-22-20-18-16-14-12-10-8-6-4-2/h30-31H,3-29H2,1-2H3. The summed E-state index contributed by atoms with van der Waals surface area (Å²) in [7, 11) is 0. The van der Waals surface area contributed by atoms with Crippen LogP contribution >= 0.6 is 0 Å². The van der Waals surface area contributed by atoms with E-state index >= 15 is 0 Å². The molecule has 0 fully saturated rings. The molecule has 0 saturated carbocycles. The van der Waals surface area contributed by atoms with Crippen LogP contribution in [0.25, 0.3) is 0 Å². The zero-order chi connectivity index (χ0) is 22.5. The first-order chi connectivity index (χ1) is 15.4. The van der Waals surface area contributed by atoms with Crippen LogP contribution in [0.5, 0.6) is 0 Å². The van der Waals surface area contributed by atoms with Crippen molar-refractivity contribution < 1.29 is 0 Å². The van der Waals surface area contributed by atoms with Gasteiger partial charge < -0.3 is 10.6 Å². The lowest BCUT2D eigenvalue weighted by Crippen LogP contribution is -2.23. The second-order valence-electron chi connectivity index (χ2n) is 9.92. The molecule has 0 amide bonds. The Morgan fingerprint density at radius 1 is 0.258 bits per heavy atom. The largest absolute Gasteiger partial charge is 0.317 e. The lowest BCUT2D eigenvalue weighted by atomic mass is 10.1. The number of hydrogen-bond acceptors (Lipinski definition) is 2. The van der Waals surface area contributed by atoms with Crippen molar-refractivity contribution in [1.29, 1.82) is 0 Å². The maximum absolute atomic E-state index is 3.62. The molecule has 0 saturated heterocycles. The monoisotopic (exact) mass is 438 g/mol. The highest BCUT2D eigenvalue weighted by Crippen LogP contribution is 2.12. The second-order valence-corrected chi connectivity index (χ2v) is 9.92. The van der Waals surface area contributed by atoms with Gasteiger partial charge >= 0.3 is 0 Å². The van der Waals surface area contributed by atoms with Crippen LogP contribution in [0.1, 0.15) is 162 Å². The molecule has 0 aromatic rings. The minimum atomic E-state index is 1.18. The topological polar surface area (TPSA) is 24.1 Å². The third-order valence-corrected chi connectivity index (χ3v) is 6.62. The summed E-state index contributed by atoms with van der Waals surface area (Å²) in [6, 6.07) is 0. The van der Waals surface area contributed by atoms with Gasteiger partial charge in [0.05, 0.1) is 0 Å². The summed E-state index contributed by atoms with van der Waals surface area (Å²) in [4.78, 5) is 0. The summed E-state index contributed by atoms with van der Waals surface area (Å²) in [5.74, 6) is 0. The molecule has 188 valence electrons. The SMILES string of the molecule is CCCCCCCCCCCCCNCCCNCCCCCCCCCCCCC. The van der Waals surface area contributed by atoms with Gasteiger partial charge in [-0.3, -0.25) is 0 Å². The number of nitrogens with one attached hydrogen (secondary N) is 2. The van der Waals surface area contributed by atoms with Gasteiger partial charge in [-0.25, -0.2) is 0 Å². The summed E-state index contributed by atoms with van der Waals surface area (Å²) in [6.45, 7) is 9.40. The van der Waals surface area contributed by atoms with Crippen LogP contribution in [0.15, 0.2) is 0 Å². The highest BCUT2D eigenvalue weighted by atomic mass is 14.9. The Labute approximate surface area is 198 Å². The van der Waals surface area contributed by atoms with Crippen LogP contribution in [0, 0.1) is 0 Å². The summed E-state index contributed by atoms with van der Waals surface area (Å²) in [5.41, 5.74) is 0. The first kappa shape index (κ1) is 30.9. The Bertz CT molecular complexity index is 264. The molecule has 2 N–H and O–H groups in total. The molecule has 0 aliphatic rings. The maximum Gasteiger partial charge on any atom is -0.00368 e. The quantitative estimate of drug-likeness (QED) is 0.119. The van der Waals surface area contributed by atoms with Crippen LogP contribution in [-0.4, -0.2) is 26.2 Å². The number of rotatable bonds is 28. The van der Waals surface area contributed by atoms with E-state index in [1.165, 1.54) is 174 Å². The molecule has 0 aromatic heterocycles. The third kappa shape index (κ3) is 29.9. The molecule has 0 radical (unpaired) electrons. The molecule has 0 heterocycles. The molecule has 0 aromatic carbocycles. The smallest absolute Gasteiger partial charge is 0.00368 e. The Morgan fingerprint density at radius 3 is 0.774 bits per heavy atom. The Balaban J connectivity index is 2.98. The summed E-state index contributed by atoms with van der Waals surface area (Å²) < 4.78 is 0. The van der Waals surface area contributed by atoms with Crippen LogP contribution in [-0.2, 0) is 0 Å². The Kier molecular flexibility index (Phi) is 29.8. The molecule has 0 aliphatic carbocycles. The lowest BCUT2D eigenvalue weighted by molar-refractivity contribution is 0.524. The number of hydrogen-bond donors (Lipinski definition) is 2. The molecule has 0 bridgehead atoms. The Morgan fingerprint density at radius 2 is 0.484 bits per heavy atom. The molecule has 31 heavy (non-hydrogen) atoms. The summed E-state index contributed by atoms with van der Waals surface area (Å²) in [5, 5.41) is 7.25. The van der Waals surface area contributed by atoms with Gasteiger partial charge in [-0.15, -0.1) is 0 Å². The minimum absolute atomic E-state index is 1.18. The fourth-order valence-corrected chi connectivity index (χ4v) is 4.42. The van der Waals surface area contributed by atoms with E-state index in [4.69, 9.17) is 0 Å². The molecule has 2 nitrogen and oxygen atoms in total. The third-order valence-electron chi connectivity index (χ3n) is 6.62. The molecular weight excluding hydrogens is 376 g/mol. The first-order valence-electron chi connectivity index (χ1n) is 14.8. The van der Waals surface area contributed by atoms with Gasteiger partial charge in [-0.05, 0) is 45.4 Å². The van der Waals surface area contributed by atoms with Gasteiger partial charge in [0.2, 0.25) is 0 Å². The van der Waals surface area contributed by atoms with Gasteiger partial charge in [0.1, 0.15) is 0 Å². The zero-order valence-electron chi connectivity index (χ0n) is 22.1. The van der Waals surface area contributed by atoms with Gasteiger partial charge in [0.25, 0.3) is 0 Å². The van der Waals surface area contributed by atoms with Crippen molar-refractivity contribution >= 4 is 0 Å². The van der Waals surface area contributed by atoms with Gasteiger partial charge in [-0.1, -0.05) is 142 Å². The highest BCUT2D eigenvalue weighted by molar-refractivity contribution is 4.55. The zero-order valence-corrected chi connectivity index (χ0v) is 22.1. The minimum Gasteiger partial charge on any atom is -0.317 e. The molecule has 0 atom stereocenters. The van der Waals surface area contributed by atoms with E-state index in [0.717, 1.165) is 0 Å². The normalized spacial score (nSPS) is 11.4. The lowest BCUT2D eigenvalue weighted by Gasteiger charge is -2.07. The van der Waals surface area contributed by atoms with Crippen molar-refractivity contribution in [2.45, 2.75) is 162 Å². The predicted octanol–water partition coefficient (Wildman–Crippen LogP) is 9.18. The van der Waals surface area contributed by atoms with Crippen LogP contribution in [0.3, 0.4) is 0 Å². The second kappa shape index (κ2) is 29.9. The molecule has 0 rings (SSSR count). The van der Waals surface area contributed by atoms with Gasteiger partial charge in [0, 0.05) is 0 Å². The molecule has 0 spiro atoms. The van der Waals surface area contributed by atoms with Crippen molar-refractivity contribution in [1.82, 2.24) is 10.6 Å². The van der Waals surface area contributed by atoms with E-state index in [9.17, 15) is 0 Å². The highest BCUT2D eigenvalue weighted by Gasteiger charge is 1.95. The van der Waals surface area contributed by atoms with Crippen LogP contribution in [0.4, 0.5) is 0 Å². The van der Waals surface area contributed by atoms with E-state index in [1.54, 1.807) is 0 Å². The van der Waals surface area contributed by atoms with Crippen molar-refractivity contribution in [2.75, 3.05) is 26.2 Å². The maximum atomic E-state index is 3.62. The van der Waals surface area contributed by atoms with E-state index in [0.29, 0.717) is 0 Å². The molecule has 2 heteroatoms. The average Bonchev–Trinajstić information content (AvgIpc) is 2.78. The summed E-state index contributed by atoms with van der Waals surface area (Å²) >= 11 is 0. The van der Waals surface area contributed by atoms with Crippen LogP contribution < -0.4 is 10.6 Å². The van der Waals surface area contributed by atoms with Gasteiger partial charge in [-0.2, -0.15) is 0 Å². The molecular formula is C29H62N2. The van der Waals surface area contributed by atoms with Crippen molar-refractivity contribution in [3.63, 3.8) is 0 Å². The van der Waals surface area contributed by atoms with Crippen molar-refractivity contribution in [3.8, 4) is 0 Å². The van der Waals surface area contributed by atoms with E-state index in [-0.39, 0.29) is 0 Å². The fraction of sp³-hybridized carbons (Fsp3) is 1.00. The van der Waals surface area contributed by atoms with Crippen LogP contribution in [0.2, 0.25) is 0 Å². The average molecular weight is 439 g/mol.